The lowest BCUT2D eigenvalue weighted by atomic mass is 10.1. The first-order valence-corrected chi connectivity index (χ1v) is 6.14. The average molecular weight is 200 g/mol. The van der Waals surface area contributed by atoms with Crippen LogP contribution < -0.4 is 0 Å². The van der Waals surface area contributed by atoms with Gasteiger partial charge < -0.3 is 0 Å². The summed E-state index contributed by atoms with van der Waals surface area (Å²) in [7, 11) is 0. The first-order valence-electron chi connectivity index (χ1n) is 5.20. The highest BCUT2D eigenvalue weighted by molar-refractivity contribution is 8.00. The molecule has 1 aliphatic rings. The van der Waals surface area contributed by atoms with Gasteiger partial charge in [0.05, 0.1) is 0 Å². The number of rotatable bonds is 3. The number of Topliss-reactive ketones (excluding diaryl/α,β-unsaturated/α-hetero) is 1. The summed E-state index contributed by atoms with van der Waals surface area (Å²) in [5, 5.41) is 1.27. The van der Waals surface area contributed by atoms with E-state index in [1.807, 2.05) is 11.8 Å². The second kappa shape index (κ2) is 4.50. The molecule has 13 heavy (non-hydrogen) atoms. The van der Waals surface area contributed by atoms with E-state index in [-0.39, 0.29) is 0 Å². The summed E-state index contributed by atoms with van der Waals surface area (Å²) in [5.41, 5.74) is 0. The predicted molar refractivity (Wildman–Crippen MR) is 59.1 cm³/mol. The molecule has 1 aliphatic carbocycles. The van der Waals surface area contributed by atoms with Gasteiger partial charge in [0.15, 0.2) is 0 Å². The van der Waals surface area contributed by atoms with E-state index in [4.69, 9.17) is 0 Å². The molecule has 0 radical (unpaired) electrons. The smallest absolute Gasteiger partial charge is 0.136 e. The molecule has 1 fully saturated rings. The fourth-order valence-electron chi connectivity index (χ4n) is 1.59. The minimum Gasteiger partial charge on any atom is -0.299 e. The van der Waals surface area contributed by atoms with Crippen LogP contribution in [0.5, 0.6) is 0 Å². The Labute approximate surface area is 85.7 Å². The number of carbonyl (C=O) groups is 1. The van der Waals surface area contributed by atoms with E-state index in [1.54, 1.807) is 0 Å². The Hall–Kier alpha value is 0.0200. The van der Waals surface area contributed by atoms with Crippen molar-refractivity contribution >= 4 is 17.5 Å². The second-order valence-corrected chi connectivity index (χ2v) is 6.04. The van der Waals surface area contributed by atoms with Gasteiger partial charge in [0, 0.05) is 22.8 Å². The molecule has 0 bridgehead atoms. The van der Waals surface area contributed by atoms with Gasteiger partial charge in [-0.1, -0.05) is 27.7 Å². The summed E-state index contributed by atoms with van der Waals surface area (Å²) in [5.74, 6) is 1.48. The molecule has 0 N–H and O–H groups in total. The Kier molecular flexibility index (Phi) is 3.84. The summed E-state index contributed by atoms with van der Waals surface area (Å²) in [6.45, 7) is 8.85. The summed E-state index contributed by atoms with van der Waals surface area (Å²) in [6.07, 6.45) is 1.91. The number of thioether (sulfide) groups is 1. The largest absolute Gasteiger partial charge is 0.299 e. The van der Waals surface area contributed by atoms with Crippen LogP contribution >= 0.6 is 11.8 Å². The van der Waals surface area contributed by atoms with Crippen molar-refractivity contribution in [3.8, 4) is 0 Å². The van der Waals surface area contributed by atoms with Crippen LogP contribution in [0.25, 0.3) is 0 Å². The molecule has 0 aromatic rings. The van der Waals surface area contributed by atoms with Crippen molar-refractivity contribution in [2.45, 2.75) is 51.0 Å². The van der Waals surface area contributed by atoms with E-state index in [1.165, 1.54) is 0 Å². The van der Waals surface area contributed by atoms with Crippen molar-refractivity contribution in [2.24, 2.45) is 11.8 Å². The average Bonchev–Trinajstić information content (AvgIpc) is 2.36. The molecule has 76 valence electrons. The van der Waals surface area contributed by atoms with Crippen LogP contribution in [-0.4, -0.2) is 16.3 Å². The Morgan fingerprint density at radius 1 is 1.38 bits per heavy atom. The van der Waals surface area contributed by atoms with Gasteiger partial charge in [-0.25, -0.2) is 0 Å². The molecule has 0 aromatic carbocycles. The first kappa shape index (κ1) is 11.1. The van der Waals surface area contributed by atoms with E-state index in [0.717, 1.165) is 12.8 Å². The normalized spacial score (nSPS) is 31.3. The van der Waals surface area contributed by atoms with Gasteiger partial charge in [0.25, 0.3) is 0 Å². The number of hydrogen-bond acceptors (Lipinski definition) is 2. The Morgan fingerprint density at radius 2 is 2.00 bits per heavy atom. The molecule has 3 unspecified atom stereocenters. The van der Waals surface area contributed by atoms with E-state index < -0.39 is 0 Å². The van der Waals surface area contributed by atoms with Gasteiger partial charge in [-0.05, 0) is 12.3 Å². The van der Waals surface area contributed by atoms with Crippen LogP contribution in [0.1, 0.15) is 40.5 Å². The van der Waals surface area contributed by atoms with Crippen molar-refractivity contribution in [2.75, 3.05) is 0 Å². The molecular formula is C11H20OS. The van der Waals surface area contributed by atoms with Gasteiger partial charge in [0.1, 0.15) is 5.78 Å². The molecule has 0 heterocycles. The minimum atomic E-state index is 0.297. The number of carbonyl (C=O) groups excluding carboxylic acids is 1. The maximum absolute atomic E-state index is 11.3. The highest BCUT2D eigenvalue weighted by atomic mass is 32.2. The van der Waals surface area contributed by atoms with Crippen molar-refractivity contribution < 1.29 is 4.79 Å². The van der Waals surface area contributed by atoms with Gasteiger partial charge in [-0.15, -0.1) is 0 Å². The molecular weight excluding hydrogens is 180 g/mol. The molecule has 3 atom stereocenters. The van der Waals surface area contributed by atoms with E-state index in [9.17, 15) is 4.79 Å². The third-order valence-corrected chi connectivity index (χ3v) is 5.04. The van der Waals surface area contributed by atoms with Crippen LogP contribution in [0.2, 0.25) is 0 Å². The molecule has 2 heteroatoms. The van der Waals surface area contributed by atoms with Crippen LogP contribution in [0.4, 0.5) is 0 Å². The fraction of sp³-hybridized carbons (Fsp3) is 0.909. The standard InChI is InChI=1S/C11H20OS/c1-7(2)9(4)13-11-6-5-10(12)8(11)3/h7-9,11H,5-6H2,1-4H3. The van der Waals surface area contributed by atoms with Crippen molar-refractivity contribution in [3.05, 3.63) is 0 Å². The minimum absolute atomic E-state index is 0.297. The summed E-state index contributed by atoms with van der Waals surface area (Å²) >= 11 is 2.01. The lowest BCUT2D eigenvalue weighted by molar-refractivity contribution is -0.120. The van der Waals surface area contributed by atoms with Crippen LogP contribution in [0, 0.1) is 11.8 Å². The molecule has 0 aromatic heterocycles. The highest BCUT2D eigenvalue weighted by Crippen LogP contribution is 2.36. The van der Waals surface area contributed by atoms with E-state index >= 15 is 0 Å². The molecule has 1 rings (SSSR count). The monoisotopic (exact) mass is 200 g/mol. The summed E-state index contributed by atoms with van der Waals surface area (Å²) in [4.78, 5) is 11.3. The summed E-state index contributed by atoms with van der Waals surface area (Å²) < 4.78 is 0. The zero-order valence-electron chi connectivity index (χ0n) is 9.04. The molecule has 0 amide bonds. The van der Waals surface area contributed by atoms with Crippen LogP contribution in [-0.2, 0) is 4.79 Å². The maximum Gasteiger partial charge on any atom is 0.136 e. The third kappa shape index (κ3) is 2.73. The van der Waals surface area contributed by atoms with Gasteiger partial charge in [0.2, 0.25) is 0 Å². The Morgan fingerprint density at radius 3 is 2.38 bits per heavy atom. The zero-order valence-corrected chi connectivity index (χ0v) is 9.86. The third-order valence-electron chi connectivity index (χ3n) is 3.07. The molecule has 1 nitrogen and oxygen atoms in total. The highest BCUT2D eigenvalue weighted by Gasteiger charge is 2.32. The number of hydrogen-bond donors (Lipinski definition) is 0. The van der Waals surface area contributed by atoms with Crippen molar-refractivity contribution in [1.29, 1.82) is 0 Å². The molecule has 0 aliphatic heterocycles. The molecule has 0 saturated heterocycles. The zero-order chi connectivity index (χ0) is 10.0. The van der Waals surface area contributed by atoms with Crippen molar-refractivity contribution in [3.63, 3.8) is 0 Å². The fourth-order valence-corrected chi connectivity index (χ4v) is 3.10. The maximum atomic E-state index is 11.3. The number of ketones is 1. The second-order valence-electron chi connectivity index (χ2n) is 4.42. The van der Waals surface area contributed by atoms with Crippen LogP contribution in [0.3, 0.4) is 0 Å². The lowest BCUT2D eigenvalue weighted by Gasteiger charge is -2.21. The SMILES string of the molecule is CC(C)C(C)SC1CCC(=O)C1C. The van der Waals surface area contributed by atoms with Crippen molar-refractivity contribution in [1.82, 2.24) is 0 Å². The molecule has 0 spiro atoms. The molecule has 1 saturated carbocycles. The first-order chi connectivity index (χ1) is 6.02. The Balaban J connectivity index is 2.42. The van der Waals surface area contributed by atoms with Gasteiger partial charge in [-0.2, -0.15) is 11.8 Å². The Bertz CT molecular complexity index is 189. The van der Waals surface area contributed by atoms with Gasteiger partial charge >= 0.3 is 0 Å². The lowest BCUT2D eigenvalue weighted by Crippen LogP contribution is -2.17. The summed E-state index contributed by atoms with van der Waals surface area (Å²) in [6, 6.07) is 0. The van der Waals surface area contributed by atoms with Gasteiger partial charge in [-0.3, -0.25) is 4.79 Å². The predicted octanol–water partition coefficient (Wildman–Crippen LogP) is 3.13. The quantitative estimate of drug-likeness (QED) is 0.696. The van der Waals surface area contributed by atoms with E-state index in [2.05, 4.69) is 27.7 Å². The topological polar surface area (TPSA) is 17.1 Å². The van der Waals surface area contributed by atoms with Crippen LogP contribution in [0.15, 0.2) is 0 Å². The van der Waals surface area contributed by atoms with E-state index in [0.29, 0.717) is 28.1 Å².